The second kappa shape index (κ2) is 6.50. The molecule has 3 aliphatic rings. The van der Waals surface area contributed by atoms with Gasteiger partial charge in [-0.25, -0.2) is 0 Å². The molecule has 0 unspecified atom stereocenters. The molecule has 134 valence electrons. The number of carboxylic acid groups (broad SMARTS) is 1. The van der Waals surface area contributed by atoms with Crippen LogP contribution in [0.1, 0.15) is 12.8 Å². The number of amides is 1. The molecule has 0 aromatic heterocycles. The maximum absolute atomic E-state index is 12.9. The monoisotopic (exact) mass is 364 g/mol. The quantitative estimate of drug-likeness (QED) is 0.886. The summed E-state index contributed by atoms with van der Waals surface area (Å²) in [5.41, 5.74) is 1.09. The van der Waals surface area contributed by atoms with Crippen LogP contribution in [0.4, 0.5) is 5.69 Å². The summed E-state index contributed by atoms with van der Waals surface area (Å²) in [6.07, 6.45) is 1.01. The van der Waals surface area contributed by atoms with E-state index >= 15 is 0 Å². The molecule has 1 aromatic carbocycles. The van der Waals surface area contributed by atoms with Gasteiger partial charge in [0.15, 0.2) is 0 Å². The van der Waals surface area contributed by atoms with E-state index in [0.717, 1.165) is 31.6 Å². The van der Waals surface area contributed by atoms with E-state index in [4.69, 9.17) is 16.3 Å². The zero-order chi connectivity index (χ0) is 17.6. The van der Waals surface area contributed by atoms with Crippen molar-refractivity contribution in [3.63, 3.8) is 0 Å². The average Bonchev–Trinajstić information content (AvgIpc) is 3.23. The first-order valence-corrected chi connectivity index (χ1v) is 9.10. The number of nitrogens with zero attached hydrogens (tertiary/aromatic N) is 2. The smallest absolute Gasteiger partial charge is 0.310 e. The van der Waals surface area contributed by atoms with Gasteiger partial charge in [-0.05, 0) is 37.1 Å². The van der Waals surface area contributed by atoms with Gasteiger partial charge < -0.3 is 19.6 Å². The zero-order valence-electron chi connectivity index (χ0n) is 13.8. The topological polar surface area (TPSA) is 70.1 Å². The molecule has 4 atom stereocenters. The first-order valence-electron chi connectivity index (χ1n) is 8.72. The van der Waals surface area contributed by atoms with E-state index < -0.39 is 17.8 Å². The highest BCUT2D eigenvalue weighted by Crippen LogP contribution is 2.44. The molecule has 0 radical (unpaired) electrons. The van der Waals surface area contributed by atoms with Crippen molar-refractivity contribution in [3.05, 3.63) is 29.3 Å². The highest BCUT2D eigenvalue weighted by Gasteiger charge is 2.56. The van der Waals surface area contributed by atoms with Crippen LogP contribution in [0.25, 0.3) is 0 Å². The molecule has 7 heteroatoms. The Morgan fingerprint density at radius 1 is 1.00 bits per heavy atom. The van der Waals surface area contributed by atoms with E-state index in [1.165, 1.54) is 0 Å². The number of rotatable bonds is 3. The number of aliphatic carboxylic acids is 1. The summed E-state index contributed by atoms with van der Waals surface area (Å²) in [5, 5.41) is 10.2. The van der Waals surface area contributed by atoms with E-state index in [1.807, 2.05) is 24.3 Å². The molecule has 2 bridgehead atoms. The molecule has 3 saturated heterocycles. The number of anilines is 1. The molecule has 0 aliphatic carbocycles. The minimum Gasteiger partial charge on any atom is -0.481 e. The van der Waals surface area contributed by atoms with Crippen LogP contribution >= 0.6 is 11.6 Å². The zero-order valence-corrected chi connectivity index (χ0v) is 14.6. The normalized spacial score (nSPS) is 31.4. The van der Waals surface area contributed by atoms with Gasteiger partial charge in [0.1, 0.15) is 0 Å². The third-order valence-corrected chi connectivity index (χ3v) is 5.88. The lowest BCUT2D eigenvalue weighted by Crippen LogP contribution is -2.53. The fourth-order valence-electron chi connectivity index (χ4n) is 4.35. The molecule has 6 nitrogen and oxygen atoms in total. The van der Waals surface area contributed by atoms with Crippen molar-refractivity contribution >= 4 is 29.2 Å². The molecular formula is C18H21ClN2O4. The fourth-order valence-corrected chi connectivity index (χ4v) is 4.48. The Kier molecular flexibility index (Phi) is 4.33. The van der Waals surface area contributed by atoms with E-state index in [1.54, 1.807) is 4.90 Å². The van der Waals surface area contributed by atoms with Gasteiger partial charge in [0.05, 0.1) is 24.0 Å². The number of benzene rings is 1. The van der Waals surface area contributed by atoms with Crippen molar-refractivity contribution in [1.29, 1.82) is 0 Å². The van der Waals surface area contributed by atoms with Crippen molar-refractivity contribution in [3.8, 4) is 0 Å². The summed E-state index contributed by atoms with van der Waals surface area (Å²) in [7, 11) is 0. The predicted octanol–water partition coefficient (Wildman–Crippen LogP) is 1.87. The van der Waals surface area contributed by atoms with Gasteiger partial charge in [0.25, 0.3) is 0 Å². The third kappa shape index (κ3) is 2.98. The molecule has 3 aliphatic heterocycles. The standard InChI is InChI=1S/C18H21ClN2O4/c19-11-1-3-12(4-2-11)20-7-9-21(10-8-20)17(22)15-13-5-6-14(25-13)16(15)18(23)24/h1-4,13-16H,5-10H2,(H,23,24)/t13-,14+,15+,16+/m1/s1. The molecule has 0 saturated carbocycles. The Labute approximate surface area is 151 Å². The highest BCUT2D eigenvalue weighted by molar-refractivity contribution is 6.30. The molecule has 3 fully saturated rings. The van der Waals surface area contributed by atoms with E-state index in [-0.39, 0.29) is 18.1 Å². The van der Waals surface area contributed by atoms with Gasteiger partial charge in [0.2, 0.25) is 5.91 Å². The van der Waals surface area contributed by atoms with Gasteiger partial charge in [-0.15, -0.1) is 0 Å². The number of carbonyl (C=O) groups is 2. The van der Waals surface area contributed by atoms with Crippen molar-refractivity contribution in [2.24, 2.45) is 11.8 Å². The molecule has 1 N–H and O–H groups in total. The number of carboxylic acids is 1. The summed E-state index contributed by atoms with van der Waals surface area (Å²) in [6, 6.07) is 7.67. The molecule has 1 amide bonds. The predicted molar refractivity (Wildman–Crippen MR) is 92.8 cm³/mol. The number of fused-ring (bicyclic) bond motifs is 2. The second-order valence-electron chi connectivity index (χ2n) is 6.97. The largest absolute Gasteiger partial charge is 0.481 e. The van der Waals surface area contributed by atoms with Crippen LogP contribution in [0.3, 0.4) is 0 Å². The first kappa shape index (κ1) is 16.7. The van der Waals surface area contributed by atoms with E-state index in [2.05, 4.69) is 4.90 Å². The van der Waals surface area contributed by atoms with Crippen LogP contribution < -0.4 is 4.90 Å². The van der Waals surface area contributed by atoms with Crippen molar-refractivity contribution in [1.82, 2.24) is 4.90 Å². The molecular weight excluding hydrogens is 344 g/mol. The van der Waals surface area contributed by atoms with Crippen molar-refractivity contribution in [2.75, 3.05) is 31.1 Å². The van der Waals surface area contributed by atoms with Crippen molar-refractivity contribution < 1.29 is 19.4 Å². The van der Waals surface area contributed by atoms with Crippen LogP contribution in [-0.4, -0.2) is 60.3 Å². The number of hydrogen-bond donors (Lipinski definition) is 1. The lowest BCUT2D eigenvalue weighted by atomic mass is 9.78. The minimum absolute atomic E-state index is 0.0599. The summed E-state index contributed by atoms with van der Waals surface area (Å²) < 4.78 is 5.72. The van der Waals surface area contributed by atoms with Crippen LogP contribution in [0.2, 0.25) is 5.02 Å². The van der Waals surface area contributed by atoms with Crippen LogP contribution in [0.15, 0.2) is 24.3 Å². The summed E-state index contributed by atoms with van der Waals surface area (Å²) >= 11 is 5.93. The summed E-state index contributed by atoms with van der Waals surface area (Å²) in [5.74, 6) is -2.19. The van der Waals surface area contributed by atoms with Crippen LogP contribution in [0, 0.1) is 11.8 Å². The number of halogens is 1. The maximum atomic E-state index is 12.9. The van der Waals surface area contributed by atoms with Gasteiger partial charge in [-0.1, -0.05) is 11.6 Å². The molecule has 3 heterocycles. The lowest BCUT2D eigenvalue weighted by molar-refractivity contribution is -0.151. The summed E-state index contributed by atoms with van der Waals surface area (Å²) in [6.45, 7) is 2.66. The van der Waals surface area contributed by atoms with Crippen LogP contribution in [-0.2, 0) is 14.3 Å². The average molecular weight is 365 g/mol. The minimum atomic E-state index is -0.912. The molecule has 25 heavy (non-hydrogen) atoms. The second-order valence-corrected chi connectivity index (χ2v) is 7.41. The van der Waals surface area contributed by atoms with Gasteiger partial charge in [-0.2, -0.15) is 0 Å². The Morgan fingerprint density at radius 3 is 2.20 bits per heavy atom. The fraction of sp³-hybridized carbons (Fsp3) is 0.556. The third-order valence-electron chi connectivity index (χ3n) is 5.63. The Balaban J connectivity index is 1.41. The Bertz CT molecular complexity index is 672. The van der Waals surface area contributed by atoms with Crippen LogP contribution in [0.5, 0.6) is 0 Å². The SMILES string of the molecule is O=C(O)[C@@H]1[C@@H](C(=O)N2CCN(c3ccc(Cl)cc3)CC2)[C@H]2CC[C@@H]1O2. The Hall–Kier alpha value is -1.79. The van der Waals surface area contributed by atoms with E-state index in [9.17, 15) is 14.7 Å². The highest BCUT2D eigenvalue weighted by atomic mass is 35.5. The van der Waals surface area contributed by atoms with Gasteiger partial charge in [0, 0.05) is 36.9 Å². The van der Waals surface area contributed by atoms with Crippen molar-refractivity contribution in [2.45, 2.75) is 25.0 Å². The number of ether oxygens (including phenoxy) is 1. The number of carbonyl (C=O) groups excluding carboxylic acids is 1. The summed E-state index contributed by atoms with van der Waals surface area (Å²) in [4.78, 5) is 28.5. The molecule has 1 aromatic rings. The molecule has 0 spiro atoms. The van der Waals surface area contributed by atoms with E-state index in [0.29, 0.717) is 18.1 Å². The maximum Gasteiger partial charge on any atom is 0.310 e. The molecule has 4 rings (SSSR count). The lowest BCUT2D eigenvalue weighted by Gasteiger charge is -2.38. The first-order chi connectivity index (χ1) is 12.0. The number of hydrogen-bond acceptors (Lipinski definition) is 4. The Morgan fingerprint density at radius 2 is 1.60 bits per heavy atom. The van der Waals surface area contributed by atoms with Gasteiger partial charge >= 0.3 is 5.97 Å². The van der Waals surface area contributed by atoms with Gasteiger partial charge in [-0.3, -0.25) is 9.59 Å². The number of piperazine rings is 1.